The molecule has 0 aliphatic heterocycles. The fourth-order valence-electron chi connectivity index (χ4n) is 5.96. The molecule has 0 radical (unpaired) electrons. The number of allylic oxidation sites excluding steroid dienone is 7. The van der Waals surface area contributed by atoms with Gasteiger partial charge in [-0.1, -0.05) is 184 Å². The van der Waals surface area contributed by atoms with Crippen LogP contribution in [0.15, 0.2) is 60.8 Å². The molecule has 4 atom stereocenters. The first kappa shape index (κ1) is 54.6. The number of esters is 2. The molecule has 57 heavy (non-hydrogen) atoms. The van der Waals surface area contributed by atoms with Crippen LogP contribution in [-0.2, 0) is 28.2 Å². The van der Waals surface area contributed by atoms with Gasteiger partial charge in [0.15, 0.2) is 6.10 Å². The Hall–Kier alpha value is -2.37. The number of aliphatic hydroxyl groups is 3. The third kappa shape index (κ3) is 40.2. The van der Waals surface area contributed by atoms with Gasteiger partial charge in [-0.3, -0.25) is 14.1 Å². The van der Waals surface area contributed by atoms with Crippen molar-refractivity contribution in [3.63, 3.8) is 0 Å². The molecule has 11 nitrogen and oxygen atoms in total. The molecule has 5 N–H and O–H groups in total. The Kier molecular flexibility index (Phi) is 36.3. The lowest BCUT2D eigenvalue weighted by atomic mass is 10.0. The first-order chi connectivity index (χ1) is 27.3. The molecule has 0 saturated carbocycles. The average molecular weight is 827 g/mol. The van der Waals surface area contributed by atoms with E-state index in [1.54, 1.807) is 42.5 Å². The van der Waals surface area contributed by atoms with E-state index in [0.717, 1.165) is 31.6 Å². The first-order valence-electron chi connectivity index (χ1n) is 21.8. The van der Waals surface area contributed by atoms with Gasteiger partial charge in [0, 0.05) is 12.8 Å². The van der Waals surface area contributed by atoms with Crippen molar-refractivity contribution in [1.82, 2.24) is 0 Å². The molecule has 0 bridgehead atoms. The molecule has 0 fully saturated rings. The van der Waals surface area contributed by atoms with Crippen LogP contribution in [0.1, 0.15) is 168 Å². The number of rotatable bonds is 38. The molecule has 0 aliphatic rings. The highest BCUT2D eigenvalue weighted by Gasteiger charge is 2.23. The smallest absolute Gasteiger partial charge is 0.462 e. The lowest BCUT2D eigenvalue weighted by Crippen LogP contribution is -2.29. The van der Waals surface area contributed by atoms with E-state index < -0.39 is 57.4 Å². The van der Waals surface area contributed by atoms with Crippen LogP contribution in [-0.4, -0.2) is 74.7 Å². The molecule has 0 aromatic heterocycles. The Bertz CT molecular complexity index is 1170. The highest BCUT2D eigenvalue weighted by atomic mass is 31.2. The summed E-state index contributed by atoms with van der Waals surface area (Å²) < 4.78 is 26.2. The third-order valence-electron chi connectivity index (χ3n) is 9.32. The Labute approximate surface area is 345 Å². The molecule has 0 aliphatic carbocycles. The van der Waals surface area contributed by atoms with E-state index in [4.69, 9.17) is 19.3 Å². The van der Waals surface area contributed by atoms with Crippen molar-refractivity contribution >= 4 is 19.8 Å². The van der Waals surface area contributed by atoms with Crippen LogP contribution in [0.4, 0.5) is 0 Å². The number of aliphatic hydroxyl groups excluding tert-OH is 3. The monoisotopic (exact) mass is 827 g/mol. The minimum atomic E-state index is -4.84. The lowest BCUT2D eigenvalue weighted by Gasteiger charge is -2.18. The van der Waals surface area contributed by atoms with Crippen LogP contribution in [0.25, 0.3) is 0 Å². The minimum absolute atomic E-state index is 0.0891. The molecule has 0 spiro atoms. The van der Waals surface area contributed by atoms with Crippen molar-refractivity contribution in [2.45, 2.75) is 193 Å². The van der Waals surface area contributed by atoms with E-state index in [-0.39, 0.29) is 25.7 Å². The minimum Gasteiger partial charge on any atom is -0.462 e. The van der Waals surface area contributed by atoms with E-state index in [0.29, 0.717) is 12.8 Å². The molecular weight excluding hydrogens is 747 g/mol. The van der Waals surface area contributed by atoms with Crippen molar-refractivity contribution in [2.75, 3.05) is 13.2 Å². The zero-order chi connectivity index (χ0) is 42.4. The van der Waals surface area contributed by atoms with Crippen molar-refractivity contribution in [2.24, 2.45) is 5.92 Å². The molecule has 0 unspecified atom stereocenters. The number of unbranched alkanes of at least 4 members (excludes halogenated alkanes) is 15. The zero-order valence-corrected chi connectivity index (χ0v) is 36.4. The number of phosphoric acid groups is 1. The fraction of sp³-hybridized carbons (Fsp3) is 0.733. The van der Waals surface area contributed by atoms with E-state index in [9.17, 15) is 29.5 Å². The van der Waals surface area contributed by atoms with Crippen LogP contribution in [0.5, 0.6) is 0 Å². The van der Waals surface area contributed by atoms with Crippen molar-refractivity contribution < 1.29 is 53.3 Å². The number of hydrogen-bond acceptors (Lipinski definition) is 9. The maximum atomic E-state index is 12.4. The maximum Gasteiger partial charge on any atom is 0.469 e. The number of hydrogen-bond donors (Lipinski definition) is 5. The van der Waals surface area contributed by atoms with Gasteiger partial charge in [0.1, 0.15) is 6.61 Å². The van der Waals surface area contributed by atoms with Gasteiger partial charge >= 0.3 is 19.8 Å². The van der Waals surface area contributed by atoms with E-state index >= 15 is 0 Å². The van der Waals surface area contributed by atoms with Crippen LogP contribution in [0.3, 0.4) is 0 Å². The van der Waals surface area contributed by atoms with Gasteiger partial charge in [-0.05, 0) is 38.0 Å². The van der Waals surface area contributed by atoms with Gasteiger partial charge in [-0.2, -0.15) is 0 Å². The standard InChI is InChI=1S/C45H79O11P/c1-4-5-24-31-40(46)32-26-21-18-19-22-27-33-42(47)43(48)34-29-36-44(49)54-37-41(38-55-57(51,52)53)56-45(50)35-28-23-17-15-13-11-9-7-6-8-10-12-14-16-20-25-30-39(2)3/h5,18-19,21-22,24,26-27,32-33,39-43,46-48H,4,6-17,20,23,25,28-31,34-38H2,1-3H3,(H2,51,52,53)/b21-18+,22-19-,24-5-,32-26+,33-27-/t40-,41-,42+,43+/m1/s1. The average Bonchev–Trinajstić information content (AvgIpc) is 3.15. The molecule has 12 heteroatoms. The second-order valence-corrected chi connectivity index (χ2v) is 16.6. The summed E-state index contributed by atoms with van der Waals surface area (Å²) in [6.45, 7) is 5.55. The molecule has 0 amide bonds. The zero-order valence-electron chi connectivity index (χ0n) is 35.5. The molecule has 0 aromatic rings. The first-order valence-corrected chi connectivity index (χ1v) is 23.3. The van der Waals surface area contributed by atoms with Gasteiger partial charge < -0.3 is 34.6 Å². The normalized spacial score (nSPS) is 14.8. The Morgan fingerprint density at radius 1 is 0.596 bits per heavy atom. The summed E-state index contributed by atoms with van der Waals surface area (Å²) in [7, 11) is -4.84. The van der Waals surface area contributed by atoms with Crippen molar-refractivity contribution in [1.29, 1.82) is 0 Å². The summed E-state index contributed by atoms with van der Waals surface area (Å²) in [5.74, 6) is -0.392. The van der Waals surface area contributed by atoms with Crippen LogP contribution < -0.4 is 0 Å². The van der Waals surface area contributed by atoms with Gasteiger partial charge in [0.2, 0.25) is 0 Å². The highest BCUT2D eigenvalue weighted by Crippen LogP contribution is 2.36. The van der Waals surface area contributed by atoms with Crippen LogP contribution in [0.2, 0.25) is 0 Å². The second kappa shape index (κ2) is 37.9. The number of carbonyl (C=O) groups is 2. The predicted molar refractivity (Wildman–Crippen MR) is 229 cm³/mol. The Morgan fingerprint density at radius 3 is 1.61 bits per heavy atom. The van der Waals surface area contributed by atoms with E-state index in [1.807, 2.05) is 19.1 Å². The molecule has 0 aromatic carbocycles. The van der Waals surface area contributed by atoms with Crippen LogP contribution in [0, 0.1) is 5.92 Å². The maximum absolute atomic E-state index is 12.4. The molecule has 0 saturated heterocycles. The van der Waals surface area contributed by atoms with Crippen molar-refractivity contribution in [3.8, 4) is 0 Å². The van der Waals surface area contributed by atoms with Crippen LogP contribution >= 0.6 is 7.82 Å². The predicted octanol–water partition coefficient (Wildman–Crippen LogP) is 10.1. The summed E-state index contributed by atoms with van der Waals surface area (Å²) >= 11 is 0. The topological polar surface area (TPSA) is 180 Å². The summed E-state index contributed by atoms with van der Waals surface area (Å²) in [6, 6.07) is 0. The SMILES string of the molecule is CC/C=C\C[C@@H](O)/C=C/C=C/C=C\C=C/[C@H](O)[C@@H](O)CCCC(=O)OC[C@H](COP(=O)(O)O)OC(=O)CCCCCCCCCCCCCCCCCCC(C)C. The summed E-state index contributed by atoms with van der Waals surface area (Å²) in [4.78, 5) is 42.9. The number of carbonyl (C=O) groups excluding carboxylic acids is 2. The summed E-state index contributed by atoms with van der Waals surface area (Å²) in [6.07, 6.45) is 36.1. The number of phosphoric ester groups is 1. The molecule has 0 rings (SSSR count). The van der Waals surface area contributed by atoms with Gasteiger partial charge in [-0.15, -0.1) is 0 Å². The largest absolute Gasteiger partial charge is 0.469 e. The third-order valence-corrected chi connectivity index (χ3v) is 9.81. The van der Waals surface area contributed by atoms with Gasteiger partial charge in [-0.25, -0.2) is 4.57 Å². The number of ether oxygens (including phenoxy) is 2. The van der Waals surface area contributed by atoms with Gasteiger partial charge in [0.25, 0.3) is 0 Å². The summed E-state index contributed by atoms with van der Waals surface area (Å²) in [5, 5.41) is 30.2. The molecular formula is C45H79O11P. The van der Waals surface area contributed by atoms with E-state index in [1.165, 1.54) is 89.5 Å². The van der Waals surface area contributed by atoms with Crippen molar-refractivity contribution in [3.05, 3.63) is 60.8 Å². The Balaban J connectivity index is 4.19. The molecule has 330 valence electrons. The lowest BCUT2D eigenvalue weighted by molar-refractivity contribution is -0.161. The summed E-state index contributed by atoms with van der Waals surface area (Å²) in [5.41, 5.74) is 0. The molecule has 0 heterocycles. The quantitative estimate of drug-likeness (QED) is 0.0131. The van der Waals surface area contributed by atoms with Gasteiger partial charge in [0.05, 0.1) is 24.9 Å². The van der Waals surface area contributed by atoms with E-state index in [2.05, 4.69) is 18.4 Å². The Morgan fingerprint density at radius 2 is 1.09 bits per heavy atom. The fourth-order valence-corrected chi connectivity index (χ4v) is 6.32. The second-order valence-electron chi connectivity index (χ2n) is 15.3. The highest BCUT2D eigenvalue weighted by molar-refractivity contribution is 7.46.